The SMILES string of the molecule is Cc1c(C(=O)NC2CCCCC2Cc2ccccc2)nnn1C1CCNCC1.Cl. The third kappa shape index (κ3) is 5.17. The van der Waals surface area contributed by atoms with Crippen LogP contribution >= 0.6 is 12.4 Å². The van der Waals surface area contributed by atoms with Gasteiger partial charge in [-0.1, -0.05) is 48.4 Å². The smallest absolute Gasteiger partial charge is 0.273 e. The second-order valence-electron chi connectivity index (χ2n) is 8.26. The zero-order valence-electron chi connectivity index (χ0n) is 17.1. The van der Waals surface area contributed by atoms with Gasteiger partial charge in [-0.3, -0.25) is 4.79 Å². The zero-order chi connectivity index (χ0) is 19.3. The maximum absolute atomic E-state index is 13.0. The number of halogens is 1. The highest BCUT2D eigenvalue weighted by Gasteiger charge is 2.29. The van der Waals surface area contributed by atoms with Crippen LogP contribution in [0.2, 0.25) is 0 Å². The van der Waals surface area contributed by atoms with Gasteiger partial charge in [-0.15, -0.1) is 17.5 Å². The summed E-state index contributed by atoms with van der Waals surface area (Å²) < 4.78 is 1.96. The zero-order valence-corrected chi connectivity index (χ0v) is 18.0. The molecule has 2 atom stereocenters. The van der Waals surface area contributed by atoms with Crippen LogP contribution in [0.4, 0.5) is 0 Å². The average molecular weight is 418 g/mol. The van der Waals surface area contributed by atoms with Gasteiger partial charge in [-0.05, 0) is 63.6 Å². The Bertz CT molecular complexity index is 788. The molecular formula is C22H32ClN5O. The molecule has 1 aliphatic carbocycles. The first-order valence-electron chi connectivity index (χ1n) is 10.7. The van der Waals surface area contributed by atoms with E-state index in [9.17, 15) is 4.79 Å². The molecule has 1 aliphatic heterocycles. The van der Waals surface area contributed by atoms with E-state index in [4.69, 9.17) is 0 Å². The Balaban J connectivity index is 0.00000240. The van der Waals surface area contributed by atoms with Gasteiger partial charge in [0.15, 0.2) is 5.69 Å². The van der Waals surface area contributed by atoms with E-state index < -0.39 is 0 Å². The highest BCUT2D eigenvalue weighted by molar-refractivity contribution is 5.93. The number of nitrogens with zero attached hydrogens (tertiary/aromatic N) is 3. The van der Waals surface area contributed by atoms with E-state index in [2.05, 4.69) is 51.3 Å². The molecule has 7 heteroatoms. The molecule has 1 saturated carbocycles. The predicted molar refractivity (Wildman–Crippen MR) is 117 cm³/mol. The summed E-state index contributed by atoms with van der Waals surface area (Å²) in [4.78, 5) is 13.0. The molecule has 1 aromatic carbocycles. The van der Waals surface area contributed by atoms with Gasteiger partial charge in [-0.25, -0.2) is 4.68 Å². The number of hydrogen-bond acceptors (Lipinski definition) is 4. The number of rotatable bonds is 5. The van der Waals surface area contributed by atoms with Crippen molar-refractivity contribution in [1.29, 1.82) is 0 Å². The van der Waals surface area contributed by atoms with E-state index in [-0.39, 0.29) is 24.4 Å². The maximum atomic E-state index is 13.0. The van der Waals surface area contributed by atoms with E-state index in [1.165, 1.54) is 24.8 Å². The van der Waals surface area contributed by atoms with Crippen LogP contribution in [0.5, 0.6) is 0 Å². The molecular weight excluding hydrogens is 386 g/mol. The van der Waals surface area contributed by atoms with Gasteiger partial charge in [0.25, 0.3) is 5.91 Å². The summed E-state index contributed by atoms with van der Waals surface area (Å²) in [6, 6.07) is 11.2. The second kappa shape index (κ2) is 10.2. The fourth-order valence-electron chi connectivity index (χ4n) is 4.74. The second-order valence-corrected chi connectivity index (χ2v) is 8.26. The quantitative estimate of drug-likeness (QED) is 0.781. The molecule has 2 aliphatic rings. The summed E-state index contributed by atoms with van der Waals surface area (Å²) in [5.41, 5.74) is 2.73. The molecule has 0 radical (unpaired) electrons. The van der Waals surface area contributed by atoms with Crippen LogP contribution in [0, 0.1) is 12.8 Å². The summed E-state index contributed by atoms with van der Waals surface area (Å²) in [5.74, 6) is 0.419. The molecule has 0 spiro atoms. The molecule has 2 fully saturated rings. The van der Waals surface area contributed by atoms with Crippen LogP contribution in [-0.4, -0.2) is 40.0 Å². The third-order valence-electron chi connectivity index (χ3n) is 6.36. The predicted octanol–water partition coefficient (Wildman–Crippen LogP) is 3.46. The monoisotopic (exact) mass is 417 g/mol. The lowest BCUT2D eigenvalue weighted by atomic mass is 9.80. The summed E-state index contributed by atoms with van der Waals surface area (Å²) in [5, 5.41) is 15.2. The van der Waals surface area contributed by atoms with Gasteiger partial charge in [-0.2, -0.15) is 0 Å². The first-order chi connectivity index (χ1) is 13.7. The van der Waals surface area contributed by atoms with E-state index in [0.29, 0.717) is 17.7 Å². The topological polar surface area (TPSA) is 71.8 Å². The van der Waals surface area contributed by atoms with Crippen molar-refractivity contribution in [1.82, 2.24) is 25.6 Å². The Morgan fingerprint density at radius 2 is 1.86 bits per heavy atom. The Morgan fingerprint density at radius 1 is 1.14 bits per heavy atom. The summed E-state index contributed by atoms with van der Waals surface area (Å²) in [7, 11) is 0. The minimum absolute atomic E-state index is 0. The molecule has 2 N–H and O–H groups in total. The normalized spacial score (nSPS) is 22.7. The standard InChI is InChI=1S/C22H31N5O.ClH/c1-16-21(25-26-27(16)19-11-13-23-14-12-19)22(28)24-20-10-6-5-9-18(20)15-17-7-3-2-4-8-17;/h2-4,7-8,18-20,23H,5-6,9-15H2,1H3,(H,24,28);1H. The lowest BCUT2D eigenvalue weighted by Gasteiger charge is -2.32. The minimum atomic E-state index is -0.0670. The van der Waals surface area contributed by atoms with Gasteiger partial charge in [0.05, 0.1) is 11.7 Å². The lowest BCUT2D eigenvalue weighted by Crippen LogP contribution is -2.43. The number of carbonyl (C=O) groups excluding carboxylic acids is 1. The first kappa shape index (κ1) is 21.8. The van der Waals surface area contributed by atoms with Crippen LogP contribution in [-0.2, 0) is 6.42 Å². The van der Waals surface area contributed by atoms with Crippen molar-refractivity contribution in [2.45, 2.75) is 64.0 Å². The summed E-state index contributed by atoms with van der Waals surface area (Å²) in [6.07, 6.45) is 7.73. The molecule has 2 unspecified atom stereocenters. The highest BCUT2D eigenvalue weighted by atomic mass is 35.5. The molecule has 1 aromatic heterocycles. The van der Waals surface area contributed by atoms with Crippen molar-refractivity contribution in [2.75, 3.05) is 13.1 Å². The summed E-state index contributed by atoms with van der Waals surface area (Å²) >= 11 is 0. The largest absolute Gasteiger partial charge is 0.348 e. The molecule has 6 nitrogen and oxygen atoms in total. The number of benzene rings is 1. The summed E-state index contributed by atoms with van der Waals surface area (Å²) in [6.45, 7) is 3.96. The van der Waals surface area contributed by atoms with Crippen LogP contribution in [0.1, 0.15) is 66.3 Å². The van der Waals surface area contributed by atoms with Crippen LogP contribution in [0.3, 0.4) is 0 Å². The lowest BCUT2D eigenvalue weighted by molar-refractivity contribution is 0.0900. The molecule has 0 bridgehead atoms. The van der Waals surface area contributed by atoms with Gasteiger partial charge < -0.3 is 10.6 Å². The van der Waals surface area contributed by atoms with Crippen LogP contribution in [0.25, 0.3) is 0 Å². The Kier molecular flexibility index (Phi) is 7.67. The van der Waals surface area contributed by atoms with Gasteiger partial charge in [0, 0.05) is 6.04 Å². The fraction of sp³-hybridized carbons (Fsp3) is 0.591. The van der Waals surface area contributed by atoms with Crippen molar-refractivity contribution in [3.05, 3.63) is 47.3 Å². The third-order valence-corrected chi connectivity index (χ3v) is 6.36. The first-order valence-corrected chi connectivity index (χ1v) is 10.7. The van der Waals surface area contributed by atoms with E-state index in [0.717, 1.165) is 44.5 Å². The number of aromatic nitrogens is 3. The molecule has 1 saturated heterocycles. The van der Waals surface area contributed by atoms with Crippen molar-refractivity contribution in [3.63, 3.8) is 0 Å². The number of nitrogens with one attached hydrogen (secondary N) is 2. The molecule has 2 aromatic rings. The fourth-order valence-corrected chi connectivity index (χ4v) is 4.74. The maximum Gasteiger partial charge on any atom is 0.273 e. The van der Waals surface area contributed by atoms with E-state index in [1.54, 1.807) is 0 Å². The number of hydrogen-bond donors (Lipinski definition) is 2. The minimum Gasteiger partial charge on any atom is -0.348 e. The molecule has 29 heavy (non-hydrogen) atoms. The van der Waals surface area contributed by atoms with Crippen molar-refractivity contribution < 1.29 is 4.79 Å². The Morgan fingerprint density at radius 3 is 2.62 bits per heavy atom. The molecule has 1 amide bonds. The van der Waals surface area contributed by atoms with Crippen molar-refractivity contribution in [2.24, 2.45) is 5.92 Å². The number of carbonyl (C=O) groups is 1. The highest BCUT2D eigenvalue weighted by Crippen LogP contribution is 2.28. The van der Waals surface area contributed by atoms with E-state index >= 15 is 0 Å². The number of piperidine rings is 1. The van der Waals surface area contributed by atoms with Gasteiger partial charge in [0.2, 0.25) is 0 Å². The Hall–Kier alpha value is -1.92. The van der Waals surface area contributed by atoms with Crippen molar-refractivity contribution >= 4 is 18.3 Å². The Labute approximate surface area is 179 Å². The molecule has 2 heterocycles. The van der Waals surface area contributed by atoms with Gasteiger partial charge in [0.1, 0.15) is 0 Å². The average Bonchev–Trinajstić information content (AvgIpc) is 3.12. The number of amides is 1. The molecule has 4 rings (SSSR count). The van der Waals surface area contributed by atoms with E-state index in [1.807, 2.05) is 11.6 Å². The molecule has 158 valence electrons. The van der Waals surface area contributed by atoms with Crippen LogP contribution < -0.4 is 10.6 Å². The van der Waals surface area contributed by atoms with Crippen LogP contribution in [0.15, 0.2) is 30.3 Å². The van der Waals surface area contributed by atoms with Crippen molar-refractivity contribution in [3.8, 4) is 0 Å². The van der Waals surface area contributed by atoms with Gasteiger partial charge >= 0.3 is 0 Å².